The van der Waals surface area contributed by atoms with Crippen LogP contribution in [0.4, 0.5) is 0 Å². The van der Waals surface area contributed by atoms with E-state index in [-0.39, 0.29) is 12.5 Å². The van der Waals surface area contributed by atoms with E-state index < -0.39 is 0 Å². The SMILES string of the molecule is CC(C)CC(CCO)CNC(=O)c1cnc(C(C)C)s1. The Morgan fingerprint density at radius 3 is 2.60 bits per heavy atom. The largest absolute Gasteiger partial charge is 0.396 e. The highest BCUT2D eigenvalue weighted by atomic mass is 32.1. The number of aromatic nitrogens is 1. The third-order valence-electron chi connectivity index (χ3n) is 3.13. The van der Waals surface area contributed by atoms with Gasteiger partial charge < -0.3 is 10.4 Å². The van der Waals surface area contributed by atoms with Crippen LogP contribution >= 0.6 is 11.3 Å². The molecule has 0 aliphatic rings. The molecule has 1 rings (SSSR count). The van der Waals surface area contributed by atoms with Crippen molar-refractivity contribution in [1.82, 2.24) is 10.3 Å². The van der Waals surface area contributed by atoms with E-state index in [9.17, 15) is 4.79 Å². The van der Waals surface area contributed by atoms with Crippen molar-refractivity contribution in [2.75, 3.05) is 13.2 Å². The molecule has 0 saturated heterocycles. The van der Waals surface area contributed by atoms with E-state index in [1.54, 1.807) is 6.20 Å². The van der Waals surface area contributed by atoms with Crippen LogP contribution in [0.25, 0.3) is 0 Å². The van der Waals surface area contributed by atoms with Crippen LogP contribution in [0, 0.1) is 11.8 Å². The van der Waals surface area contributed by atoms with Crippen molar-refractivity contribution in [1.29, 1.82) is 0 Å². The van der Waals surface area contributed by atoms with Gasteiger partial charge >= 0.3 is 0 Å². The molecule has 0 radical (unpaired) electrons. The molecule has 0 spiro atoms. The summed E-state index contributed by atoms with van der Waals surface area (Å²) in [6.07, 6.45) is 3.40. The average molecular weight is 298 g/mol. The van der Waals surface area contributed by atoms with Crippen LogP contribution in [0.15, 0.2) is 6.20 Å². The van der Waals surface area contributed by atoms with Crippen molar-refractivity contribution in [2.24, 2.45) is 11.8 Å². The van der Waals surface area contributed by atoms with Crippen molar-refractivity contribution in [2.45, 2.75) is 46.5 Å². The molecular weight excluding hydrogens is 272 g/mol. The van der Waals surface area contributed by atoms with Gasteiger partial charge in [0.15, 0.2) is 0 Å². The molecule has 0 aliphatic heterocycles. The summed E-state index contributed by atoms with van der Waals surface area (Å²) in [7, 11) is 0. The fourth-order valence-electron chi connectivity index (χ4n) is 2.14. The molecule has 5 heteroatoms. The van der Waals surface area contributed by atoms with Gasteiger partial charge in [0.25, 0.3) is 5.91 Å². The summed E-state index contributed by atoms with van der Waals surface area (Å²) in [6, 6.07) is 0. The molecule has 1 aromatic rings. The Bertz CT molecular complexity index is 416. The van der Waals surface area contributed by atoms with Gasteiger partial charge in [-0.2, -0.15) is 0 Å². The van der Waals surface area contributed by atoms with Crippen LogP contribution in [-0.2, 0) is 0 Å². The number of hydrogen-bond acceptors (Lipinski definition) is 4. The van der Waals surface area contributed by atoms with E-state index in [4.69, 9.17) is 5.11 Å². The van der Waals surface area contributed by atoms with Gasteiger partial charge in [-0.25, -0.2) is 4.98 Å². The van der Waals surface area contributed by atoms with Gasteiger partial charge in [-0.05, 0) is 24.7 Å². The molecule has 1 unspecified atom stereocenters. The lowest BCUT2D eigenvalue weighted by molar-refractivity contribution is 0.0945. The molecule has 0 fully saturated rings. The first-order valence-corrected chi connectivity index (χ1v) is 8.10. The highest BCUT2D eigenvalue weighted by Crippen LogP contribution is 2.21. The lowest BCUT2D eigenvalue weighted by Gasteiger charge is -2.18. The maximum atomic E-state index is 12.1. The molecule has 2 N–H and O–H groups in total. The smallest absolute Gasteiger partial charge is 0.263 e. The zero-order valence-corrected chi connectivity index (χ0v) is 13.7. The first-order chi connectivity index (χ1) is 9.43. The second kappa shape index (κ2) is 8.37. The molecule has 0 aromatic carbocycles. The lowest BCUT2D eigenvalue weighted by atomic mass is 9.94. The molecular formula is C15H26N2O2S. The molecule has 1 heterocycles. The van der Waals surface area contributed by atoms with Gasteiger partial charge in [0.05, 0.1) is 11.2 Å². The molecule has 0 saturated carbocycles. The summed E-state index contributed by atoms with van der Waals surface area (Å²) in [4.78, 5) is 17.0. The van der Waals surface area contributed by atoms with Crippen molar-refractivity contribution < 1.29 is 9.90 Å². The van der Waals surface area contributed by atoms with Crippen LogP contribution in [0.5, 0.6) is 0 Å². The molecule has 20 heavy (non-hydrogen) atoms. The number of thiazole rings is 1. The van der Waals surface area contributed by atoms with Gasteiger partial charge in [-0.3, -0.25) is 4.79 Å². The second-order valence-corrected chi connectivity index (χ2v) is 7.00. The number of aliphatic hydroxyl groups is 1. The maximum absolute atomic E-state index is 12.1. The summed E-state index contributed by atoms with van der Waals surface area (Å²) in [5.74, 6) is 1.20. The minimum Gasteiger partial charge on any atom is -0.396 e. The van der Waals surface area contributed by atoms with Gasteiger partial charge in [-0.15, -0.1) is 11.3 Å². The van der Waals surface area contributed by atoms with E-state index in [1.807, 2.05) is 0 Å². The summed E-state index contributed by atoms with van der Waals surface area (Å²) >= 11 is 1.46. The Balaban J connectivity index is 2.51. The average Bonchev–Trinajstić information content (AvgIpc) is 2.85. The minimum absolute atomic E-state index is 0.0545. The van der Waals surface area contributed by atoms with E-state index in [2.05, 4.69) is 38.0 Å². The predicted octanol–water partition coefficient (Wildman–Crippen LogP) is 3.04. The number of rotatable bonds is 8. The predicted molar refractivity (Wildman–Crippen MR) is 83.2 cm³/mol. The van der Waals surface area contributed by atoms with Crippen LogP contribution in [0.2, 0.25) is 0 Å². The van der Waals surface area contributed by atoms with Crippen LogP contribution < -0.4 is 5.32 Å². The third-order valence-corrected chi connectivity index (χ3v) is 4.43. The molecule has 0 aliphatic carbocycles. The molecule has 4 nitrogen and oxygen atoms in total. The van der Waals surface area contributed by atoms with Gasteiger partial charge in [0.1, 0.15) is 4.88 Å². The minimum atomic E-state index is -0.0545. The van der Waals surface area contributed by atoms with E-state index in [0.29, 0.717) is 29.2 Å². The molecule has 1 atom stereocenters. The fraction of sp³-hybridized carbons (Fsp3) is 0.733. The quantitative estimate of drug-likeness (QED) is 0.775. The number of nitrogens with one attached hydrogen (secondary N) is 1. The number of hydrogen-bond donors (Lipinski definition) is 2. The van der Waals surface area contributed by atoms with Crippen LogP contribution in [-0.4, -0.2) is 29.1 Å². The molecule has 0 bridgehead atoms. The van der Waals surface area contributed by atoms with Crippen LogP contribution in [0.3, 0.4) is 0 Å². The topological polar surface area (TPSA) is 62.2 Å². The van der Waals surface area contributed by atoms with Crippen molar-refractivity contribution >= 4 is 17.2 Å². The Hall–Kier alpha value is -0.940. The fourth-order valence-corrected chi connectivity index (χ4v) is 2.97. The Morgan fingerprint density at radius 1 is 1.40 bits per heavy atom. The zero-order valence-electron chi connectivity index (χ0n) is 12.8. The summed E-state index contributed by atoms with van der Waals surface area (Å²) in [5.41, 5.74) is 0. The Morgan fingerprint density at radius 2 is 2.10 bits per heavy atom. The lowest BCUT2D eigenvalue weighted by Crippen LogP contribution is -2.30. The van der Waals surface area contributed by atoms with Crippen LogP contribution in [0.1, 0.15) is 61.1 Å². The number of carbonyl (C=O) groups is 1. The van der Waals surface area contributed by atoms with Gasteiger partial charge in [0, 0.05) is 19.1 Å². The number of nitrogens with zero attached hydrogens (tertiary/aromatic N) is 1. The number of aliphatic hydroxyl groups excluding tert-OH is 1. The van der Waals surface area contributed by atoms with E-state index >= 15 is 0 Å². The highest BCUT2D eigenvalue weighted by molar-refractivity contribution is 7.13. The normalized spacial score (nSPS) is 12.9. The summed E-state index contributed by atoms with van der Waals surface area (Å²) < 4.78 is 0. The first kappa shape index (κ1) is 17.1. The zero-order chi connectivity index (χ0) is 15.1. The molecule has 1 amide bonds. The van der Waals surface area contributed by atoms with E-state index in [0.717, 1.165) is 17.8 Å². The standard InChI is InChI=1S/C15H26N2O2S/c1-10(2)7-12(5-6-18)8-16-14(19)13-9-17-15(20-13)11(3)4/h9-12,18H,5-8H2,1-4H3,(H,16,19). The summed E-state index contributed by atoms with van der Waals surface area (Å²) in [6.45, 7) is 9.24. The van der Waals surface area contributed by atoms with Gasteiger partial charge in [-0.1, -0.05) is 27.7 Å². The third kappa shape index (κ3) is 5.59. The second-order valence-electron chi connectivity index (χ2n) is 5.94. The van der Waals surface area contributed by atoms with Crippen molar-refractivity contribution in [3.8, 4) is 0 Å². The highest BCUT2D eigenvalue weighted by Gasteiger charge is 2.15. The summed E-state index contributed by atoms with van der Waals surface area (Å²) in [5, 5.41) is 13.0. The molecule has 114 valence electrons. The van der Waals surface area contributed by atoms with E-state index in [1.165, 1.54) is 11.3 Å². The number of carbonyl (C=O) groups excluding carboxylic acids is 1. The van der Waals surface area contributed by atoms with Crippen molar-refractivity contribution in [3.63, 3.8) is 0 Å². The van der Waals surface area contributed by atoms with Crippen molar-refractivity contribution in [3.05, 3.63) is 16.1 Å². The number of amides is 1. The first-order valence-electron chi connectivity index (χ1n) is 7.28. The molecule has 1 aromatic heterocycles. The Kier molecular flexibility index (Phi) is 7.16. The maximum Gasteiger partial charge on any atom is 0.263 e. The monoisotopic (exact) mass is 298 g/mol. The van der Waals surface area contributed by atoms with Gasteiger partial charge in [0.2, 0.25) is 0 Å². The Labute approximate surface area is 125 Å².